The number of thiol groups is 1. The van der Waals surface area contributed by atoms with Gasteiger partial charge < -0.3 is 10.5 Å². The molecule has 1 rings (SSSR count). The monoisotopic (exact) mass is 211 g/mol. The molecule has 0 aliphatic rings. The molecule has 1 aromatic rings. The smallest absolute Gasteiger partial charge is 0.136 e. The standard InChI is InChI=1S/C9H13N3OS/c1-13-8-5-3-2-4-7(8)6-11-12-9(10)14/h2-6,9,12,14H,10H2,1H3/b11-6-. The van der Waals surface area contributed by atoms with Crippen molar-refractivity contribution in [1.29, 1.82) is 0 Å². The molecule has 0 amide bonds. The first-order valence-electron chi connectivity index (χ1n) is 4.09. The van der Waals surface area contributed by atoms with Gasteiger partial charge in [-0.15, -0.1) is 12.6 Å². The lowest BCUT2D eigenvalue weighted by Gasteiger charge is -2.04. The van der Waals surface area contributed by atoms with Crippen molar-refractivity contribution in [3.05, 3.63) is 29.8 Å². The van der Waals surface area contributed by atoms with E-state index in [2.05, 4.69) is 23.2 Å². The number of rotatable bonds is 4. The number of hydrogen-bond acceptors (Lipinski definition) is 5. The lowest BCUT2D eigenvalue weighted by molar-refractivity contribution is 0.414. The number of nitrogens with two attached hydrogens (primary N) is 1. The van der Waals surface area contributed by atoms with Crippen LogP contribution in [0.25, 0.3) is 0 Å². The number of nitrogens with zero attached hydrogens (tertiary/aromatic N) is 1. The van der Waals surface area contributed by atoms with Crippen molar-refractivity contribution in [3.8, 4) is 5.75 Å². The summed E-state index contributed by atoms with van der Waals surface area (Å²) >= 11 is 3.91. The van der Waals surface area contributed by atoms with Gasteiger partial charge in [-0.05, 0) is 12.1 Å². The Bertz CT molecular complexity index is 315. The third-order valence-electron chi connectivity index (χ3n) is 1.55. The van der Waals surface area contributed by atoms with Crippen LogP contribution in [0.15, 0.2) is 29.4 Å². The maximum atomic E-state index is 5.34. The van der Waals surface area contributed by atoms with E-state index >= 15 is 0 Å². The van der Waals surface area contributed by atoms with E-state index in [4.69, 9.17) is 10.5 Å². The van der Waals surface area contributed by atoms with Crippen LogP contribution >= 0.6 is 12.6 Å². The molecule has 0 fully saturated rings. The maximum absolute atomic E-state index is 5.34. The first kappa shape index (κ1) is 10.9. The largest absolute Gasteiger partial charge is 0.496 e. The Balaban J connectivity index is 2.70. The van der Waals surface area contributed by atoms with Crippen molar-refractivity contribution in [2.45, 2.75) is 5.50 Å². The van der Waals surface area contributed by atoms with E-state index in [0.717, 1.165) is 11.3 Å². The fraction of sp³-hybridized carbons (Fsp3) is 0.222. The minimum Gasteiger partial charge on any atom is -0.496 e. The summed E-state index contributed by atoms with van der Waals surface area (Å²) in [4.78, 5) is 0. The minimum absolute atomic E-state index is 0.457. The fourth-order valence-electron chi connectivity index (χ4n) is 0.956. The van der Waals surface area contributed by atoms with Crippen LogP contribution in [0, 0.1) is 0 Å². The van der Waals surface area contributed by atoms with Gasteiger partial charge in [-0.1, -0.05) is 12.1 Å². The van der Waals surface area contributed by atoms with Crippen molar-refractivity contribution in [3.63, 3.8) is 0 Å². The molecule has 0 bridgehead atoms. The van der Waals surface area contributed by atoms with Crippen LogP contribution in [0.3, 0.4) is 0 Å². The third kappa shape index (κ3) is 3.27. The Kier molecular flexibility index (Phi) is 4.28. The van der Waals surface area contributed by atoms with Gasteiger partial charge >= 0.3 is 0 Å². The summed E-state index contributed by atoms with van der Waals surface area (Å²) in [6.07, 6.45) is 1.63. The van der Waals surface area contributed by atoms with Crippen molar-refractivity contribution in [2.75, 3.05) is 7.11 Å². The Labute approximate surface area is 88.6 Å². The molecule has 0 aliphatic heterocycles. The van der Waals surface area contributed by atoms with E-state index in [1.165, 1.54) is 0 Å². The van der Waals surface area contributed by atoms with Gasteiger partial charge in [0.2, 0.25) is 0 Å². The molecule has 5 heteroatoms. The summed E-state index contributed by atoms with van der Waals surface area (Å²) < 4.78 is 5.13. The van der Waals surface area contributed by atoms with E-state index in [9.17, 15) is 0 Å². The number of para-hydroxylation sites is 1. The number of hydrogen-bond donors (Lipinski definition) is 3. The van der Waals surface area contributed by atoms with E-state index in [1.54, 1.807) is 13.3 Å². The van der Waals surface area contributed by atoms with Crippen molar-refractivity contribution in [2.24, 2.45) is 10.8 Å². The number of ether oxygens (including phenoxy) is 1. The van der Waals surface area contributed by atoms with E-state index < -0.39 is 5.50 Å². The van der Waals surface area contributed by atoms with E-state index in [1.807, 2.05) is 24.3 Å². The second-order valence-electron chi connectivity index (χ2n) is 2.57. The summed E-state index contributed by atoms with van der Waals surface area (Å²) in [5, 5.41) is 3.89. The highest BCUT2D eigenvalue weighted by Gasteiger charge is 1.96. The molecule has 1 atom stereocenters. The van der Waals surface area contributed by atoms with Crippen LogP contribution < -0.4 is 15.9 Å². The molecule has 1 unspecified atom stereocenters. The number of benzene rings is 1. The zero-order valence-electron chi connectivity index (χ0n) is 7.84. The Morgan fingerprint density at radius 1 is 1.57 bits per heavy atom. The summed E-state index contributed by atoms with van der Waals surface area (Å²) in [5.74, 6) is 0.769. The second-order valence-corrected chi connectivity index (χ2v) is 3.13. The molecule has 0 aliphatic carbocycles. The zero-order chi connectivity index (χ0) is 10.4. The Morgan fingerprint density at radius 3 is 2.93 bits per heavy atom. The molecule has 4 nitrogen and oxygen atoms in total. The van der Waals surface area contributed by atoms with Gasteiger partial charge in [-0.2, -0.15) is 5.10 Å². The first-order chi connectivity index (χ1) is 6.74. The van der Waals surface area contributed by atoms with E-state index in [0.29, 0.717) is 0 Å². The van der Waals surface area contributed by atoms with Gasteiger partial charge in [-0.25, -0.2) is 0 Å². The van der Waals surface area contributed by atoms with Crippen LogP contribution in [-0.2, 0) is 0 Å². The summed E-state index contributed by atoms with van der Waals surface area (Å²) in [7, 11) is 1.62. The van der Waals surface area contributed by atoms with Crippen molar-refractivity contribution in [1.82, 2.24) is 5.43 Å². The number of hydrazone groups is 1. The van der Waals surface area contributed by atoms with Gasteiger partial charge in [0, 0.05) is 5.56 Å². The minimum atomic E-state index is -0.457. The molecule has 0 aromatic heterocycles. The fourth-order valence-corrected chi connectivity index (χ4v) is 1.02. The lowest BCUT2D eigenvalue weighted by Crippen LogP contribution is -2.27. The maximum Gasteiger partial charge on any atom is 0.136 e. The molecule has 14 heavy (non-hydrogen) atoms. The molecule has 0 saturated carbocycles. The summed E-state index contributed by atoms with van der Waals surface area (Å²) in [5.41, 5.74) is 8.36. The van der Waals surface area contributed by atoms with Gasteiger partial charge in [0.05, 0.1) is 13.3 Å². The average molecular weight is 211 g/mol. The Hall–Kier alpha value is -1.20. The molecule has 3 N–H and O–H groups in total. The molecule has 76 valence electrons. The highest BCUT2D eigenvalue weighted by molar-refractivity contribution is 7.80. The number of methoxy groups -OCH3 is 1. The highest BCUT2D eigenvalue weighted by atomic mass is 32.1. The summed E-state index contributed by atoms with van der Waals surface area (Å²) in [6.45, 7) is 0. The first-order valence-corrected chi connectivity index (χ1v) is 4.61. The van der Waals surface area contributed by atoms with Crippen LogP contribution in [0.1, 0.15) is 5.56 Å². The number of nitrogens with one attached hydrogen (secondary N) is 1. The lowest BCUT2D eigenvalue weighted by atomic mass is 10.2. The Morgan fingerprint density at radius 2 is 2.29 bits per heavy atom. The third-order valence-corrected chi connectivity index (χ3v) is 1.66. The van der Waals surface area contributed by atoms with Crippen molar-refractivity contribution < 1.29 is 4.74 Å². The van der Waals surface area contributed by atoms with Gasteiger partial charge in [-0.3, -0.25) is 5.43 Å². The quantitative estimate of drug-likeness (QED) is 0.299. The average Bonchev–Trinajstić information content (AvgIpc) is 2.18. The van der Waals surface area contributed by atoms with Crippen LogP contribution in [-0.4, -0.2) is 18.8 Å². The normalized spacial score (nSPS) is 12.8. The van der Waals surface area contributed by atoms with Crippen LogP contribution in [0.4, 0.5) is 0 Å². The predicted molar refractivity (Wildman–Crippen MR) is 60.7 cm³/mol. The van der Waals surface area contributed by atoms with Gasteiger partial charge in [0.1, 0.15) is 11.2 Å². The predicted octanol–water partition coefficient (Wildman–Crippen LogP) is 0.791. The second kappa shape index (κ2) is 5.51. The molecule has 0 spiro atoms. The molecule has 0 radical (unpaired) electrons. The topological polar surface area (TPSA) is 59.6 Å². The van der Waals surface area contributed by atoms with Gasteiger partial charge in [0.25, 0.3) is 0 Å². The highest BCUT2D eigenvalue weighted by Crippen LogP contribution is 2.14. The molecule has 0 saturated heterocycles. The van der Waals surface area contributed by atoms with Crippen molar-refractivity contribution >= 4 is 18.8 Å². The van der Waals surface area contributed by atoms with E-state index in [-0.39, 0.29) is 0 Å². The molecular weight excluding hydrogens is 198 g/mol. The van der Waals surface area contributed by atoms with Gasteiger partial charge in [0.15, 0.2) is 0 Å². The van der Waals surface area contributed by atoms with Crippen LogP contribution in [0.2, 0.25) is 0 Å². The molecular formula is C9H13N3OS. The van der Waals surface area contributed by atoms with Crippen LogP contribution in [0.5, 0.6) is 5.75 Å². The molecule has 1 aromatic carbocycles. The SMILES string of the molecule is COc1ccccc1/C=N\NC(N)S. The molecule has 0 heterocycles. The zero-order valence-corrected chi connectivity index (χ0v) is 8.74. The summed E-state index contributed by atoms with van der Waals surface area (Å²) in [6, 6.07) is 7.56.